The molecule has 1 aromatic carbocycles. The molecular formula is C18H22N4O. The third kappa shape index (κ3) is 2.64. The first-order chi connectivity index (χ1) is 11.0. The molecule has 2 aliphatic rings. The molecule has 23 heavy (non-hydrogen) atoms. The third-order valence-electron chi connectivity index (χ3n) is 4.87. The van der Waals surface area contributed by atoms with Crippen LogP contribution in [0.15, 0.2) is 30.3 Å². The van der Waals surface area contributed by atoms with Gasteiger partial charge >= 0.3 is 0 Å². The lowest BCUT2D eigenvalue weighted by atomic mass is 9.92. The number of carbonyl (C=O) groups excluding carboxylic acids is 1. The number of hydrogen-bond acceptors (Lipinski definition) is 3. The molecule has 0 bridgehead atoms. The van der Waals surface area contributed by atoms with Gasteiger partial charge in [0.2, 0.25) is 5.91 Å². The summed E-state index contributed by atoms with van der Waals surface area (Å²) in [6.07, 6.45) is 1.51. The molecule has 1 unspecified atom stereocenters. The van der Waals surface area contributed by atoms with Gasteiger partial charge in [0, 0.05) is 38.4 Å². The maximum atomic E-state index is 12.4. The smallest absolute Gasteiger partial charge is 0.223 e. The van der Waals surface area contributed by atoms with Crippen LogP contribution in [0.1, 0.15) is 43.4 Å². The lowest BCUT2D eigenvalue weighted by Gasteiger charge is -2.18. The van der Waals surface area contributed by atoms with Gasteiger partial charge < -0.3 is 9.47 Å². The van der Waals surface area contributed by atoms with Crippen molar-refractivity contribution in [3.8, 4) is 0 Å². The Labute approximate surface area is 136 Å². The van der Waals surface area contributed by atoms with Gasteiger partial charge in [0.05, 0.1) is 0 Å². The Morgan fingerprint density at radius 1 is 1.22 bits per heavy atom. The van der Waals surface area contributed by atoms with E-state index in [9.17, 15) is 4.79 Å². The number of amides is 1. The standard InChI is InChI=1S/C18H22N4O/c1-18(2)9-15-19-20-17(22(15)12-18)14-8-16(23)21(11-14)10-13-6-4-3-5-7-13/h3-7,14H,8-12H2,1-2H3. The highest BCUT2D eigenvalue weighted by Gasteiger charge is 2.38. The lowest BCUT2D eigenvalue weighted by Crippen LogP contribution is -2.24. The average Bonchev–Trinajstić information content (AvgIpc) is 3.12. The van der Waals surface area contributed by atoms with E-state index >= 15 is 0 Å². The predicted octanol–water partition coefficient (Wildman–Crippen LogP) is 2.38. The second-order valence-electron chi connectivity index (χ2n) is 7.56. The maximum absolute atomic E-state index is 12.4. The van der Waals surface area contributed by atoms with Crippen LogP contribution in [-0.4, -0.2) is 32.1 Å². The summed E-state index contributed by atoms with van der Waals surface area (Å²) in [5.74, 6) is 2.45. The zero-order chi connectivity index (χ0) is 16.0. The lowest BCUT2D eigenvalue weighted by molar-refractivity contribution is -0.128. The van der Waals surface area contributed by atoms with Crippen molar-refractivity contribution in [2.24, 2.45) is 5.41 Å². The Morgan fingerprint density at radius 3 is 2.78 bits per heavy atom. The van der Waals surface area contributed by atoms with E-state index in [-0.39, 0.29) is 17.2 Å². The van der Waals surface area contributed by atoms with E-state index in [1.54, 1.807) is 0 Å². The Bertz CT molecular complexity index is 735. The fourth-order valence-corrected chi connectivity index (χ4v) is 3.77. The van der Waals surface area contributed by atoms with E-state index in [0.29, 0.717) is 13.0 Å². The van der Waals surface area contributed by atoms with Crippen molar-refractivity contribution in [1.29, 1.82) is 0 Å². The molecule has 2 aliphatic heterocycles. The quantitative estimate of drug-likeness (QED) is 0.874. The summed E-state index contributed by atoms with van der Waals surface area (Å²) in [5, 5.41) is 8.75. The molecular weight excluding hydrogens is 288 g/mol. The van der Waals surface area contributed by atoms with Crippen molar-refractivity contribution >= 4 is 5.91 Å². The third-order valence-corrected chi connectivity index (χ3v) is 4.87. The van der Waals surface area contributed by atoms with Gasteiger partial charge in [-0.05, 0) is 11.0 Å². The molecule has 1 saturated heterocycles. The Hall–Kier alpha value is -2.17. The molecule has 120 valence electrons. The van der Waals surface area contributed by atoms with Gasteiger partial charge in [-0.2, -0.15) is 0 Å². The van der Waals surface area contributed by atoms with Crippen molar-refractivity contribution < 1.29 is 4.79 Å². The van der Waals surface area contributed by atoms with Crippen molar-refractivity contribution in [3.05, 3.63) is 47.5 Å². The SMILES string of the molecule is CC1(C)Cc2nnc(C3CC(=O)N(Cc4ccccc4)C3)n2C1. The first-order valence-corrected chi connectivity index (χ1v) is 8.25. The minimum absolute atomic E-state index is 0.168. The molecule has 0 spiro atoms. The fraction of sp³-hybridized carbons (Fsp3) is 0.500. The highest BCUT2D eigenvalue weighted by molar-refractivity contribution is 5.79. The highest BCUT2D eigenvalue weighted by Crippen LogP contribution is 2.35. The summed E-state index contributed by atoms with van der Waals surface area (Å²) >= 11 is 0. The molecule has 4 rings (SSSR count). The largest absolute Gasteiger partial charge is 0.338 e. The number of benzene rings is 1. The minimum Gasteiger partial charge on any atom is -0.338 e. The number of rotatable bonds is 3. The summed E-state index contributed by atoms with van der Waals surface area (Å²) in [4.78, 5) is 14.3. The van der Waals surface area contributed by atoms with Gasteiger partial charge in [-0.3, -0.25) is 4.79 Å². The van der Waals surface area contributed by atoms with Crippen molar-refractivity contribution in [3.63, 3.8) is 0 Å². The topological polar surface area (TPSA) is 51.0 Å². The first kappa shape index (κ1) is 14.4. The van der Waals surface area contributed by atoms with Crippen LogP contribution in [-0.2, 0) is 24.3 Å². The number of nitrogens with zero attached hydrogens (tertiary/aromatic N) is 4. The van der Waals surface area contributed by atoms with Crippen LogP contribution in [0.2, 0.25) is 0 Å². The van der Waals surface area contributed by atoms with Crippen LogP contribution in [0.25, 0.3) is 0 Å². The zero-order valence-corrected chi connectivity index (χ0v) is 13.7. The Balaban J connectivity index is 1.52. The molecule has 1 fully saturated rings. The van der Waals surface area contributed by atoms with Gasteiger partial charge in [-0.25, -0.2) is 0 Å². The molecule has 0 saturated carbocycles. The molecule has 0 aliphatic carbocycles. The van der Waals surface area contributed by atoms with E-state index in [1.165, 1.54) is 5.56 Å². The molecule has 1 atom stereocenters. The van der Waals surface area contributed by atoms with E-state index in [1.807, 2.05) is 23.1 Å². The highest BCUT2D eigenvalue weighted by atomic mass is 16.2. The molecule has 1 amide bonds. The molecule has 2 aromatic rings. The van der Waals surface area contributed by atoms with Crippen molar-refractivity contribution in [1.82, 2.24) is 19.7 Å². The van der Waals surface area contributed by atoms with Gasteiger partial charge in [-0.15, -0.1) is 10.2 Å². The summed E-state index contributed by atoms with van der Waals surface area (Å²) in [6.45, 7) is 6.89. The van der Waals surface area contributed by atoms with E-state index in [2.05, 4.69) is 40.7 Å². The maximum Gasteiger partial charge on any atom is 0.223 e. The van der Waals surface area contributed by atoms with Crippen LogP contribution < -0.4 is 0 Å². The molecule has 0 radical (unpaired) electrons. The molecule has 1 aromatic heterocycles. The van der Waals surface area contributed by atoms with E-state index < -0.39 is 0 Å². The number of likely N-dealkylation sites (tertiary alicyclic amines) is 1. The summed E-state index contributed by atoms with van der Waals surface area (Å²) in [5.41, 5.74) is 1.42. The van der Waals surface area contributed by atoms with Crippen LogP contribution in [0.5, 0.6) is 0 Å². The first-order valence-electron chi connectivity index (χ1n) is 8.25. The summed E-state index contributed by atoms with van der Waals surface area (Å²) in [7, 11) is 0. The Morgan fingerprint density at radius 2 is 2.00 bits per heavy atom. The summed E-state index contributed by atoms with van der Waals surface area (Å²) in [6, 6.07) is 10.2. The Kier molecular flexibility index (Phi) is 3.25. The monoisotopic (exact) mass is 310 g/mol. The predicted molar refractivity (Wildman–Crippen MR) is 86.7 cm³/mol. The van der Waals surface area contributed by atoms with Gasteiger partial charge in [-0.1, -0.05) is 44.2 Å². The van der Waals surface area contributed by atoms with Crippen molar-refractivity contribution in [2.45, 2.75) is 45.7 Å². The molecule has 5 nitrogen and oxygen atoms in total. The van der Waals surface area contributed by atoms with Crippen LogP contribution in [0.3, 0.4) is 0 Å². The number of carbonyl (C=O) groups is 1. The second-order valence-corrected chi connectivity index (χ2v) is 7.56. The number of hydrogen-bond donors (Lipinski definition) is 0. The normalized spacial score (nSPS) is 22.6. The number of fused-ring (bicyclic) bond motifs is 1. The van der Waals surface area contributed by atoms with Gasteiger partial charge in [0.25, 0.3) is 0 Å². The summed E-state index contributed by atoms with van der Waals surface area (Å²) < 4.78 is 2.24. The van der Waals surface area contributed by atoms with Crippen LogP contribution >= 0.6 is 0 Å². The zero-order valence-electron chi connectivity index (χ0n) is 13.7. The minimum atomic E-state index is 0.168. The molecule has 0 N–H and O–H groups in total. The van der Waals surface area contributed by atoms with Gasteiger partial charge in [0.15, 0.2) is 0 Å². The van der Waals surface area contributed by atoms with Crippen molar-refractivity contribution in [2.75, 3.05) is 6.54 Å². The molecule has 5 heteroatoms. The fourth-order valence-electron chi connectivity index (χ4n) is 3.77. The van der Waals surface area contributed by atoms with Crippen LogP contribution in [0, 0.1) is 5.41 Å². The number of aromatic nitrogens is 3. The molecule has 3 heterocycles. The van der Waals surface area contributed by atoms with E-state index in [0.717, 1.165) is 31.2 Å². The average molecular weight is 310 g/mol. The van der Waals surface area contributed by atoms with E-state index in [4.69, 9.17) is 0 Å². The second kappa shape index (κ2) is 5.18. The van der Waals surface area contributed by atoms with Gasteiger partial charge in [0.1, 0.15) is 11.6 Å². The van der Waals surface area contributed by atoms with Crippen LogP contribution in [0.4, 0.5) is 0 Å².